The van der Waals surface area contributed by atoms with E-state index in [1.807, 2.05) is 30.3 Å². The zero-order valence-electron chi connectivity index (χ0n) is 13.0. The molecule has 0 N–H and O–H groups in total. The topological polar surface area (TPSA) is 70.4 Å². The average molecular weight is 360 g/mol. The molecule has 1 heterocycles. The summed E-state index contributed by atoms with van der Waals surface area (Å²) in [4.78, 5) is 0.211. The van der Waals surface area contributed by atoms with Crippen molar-refractivity contribution in [3.8, 4) is 11.8 Å². The van der Waals surface area contributed by atoms with Gasteiger partial charge in [0.25, 0.3) is 0 Å². The van der Waals surface area contributed by atoms with Crippen molar-refractivity contribution in [2.24, 2.45) is 0 Å². The molecule has 1 aliphatic rings. The summed E-state index contributed by atoms with van der Waals surface area (Å²) in [5.41, 5.74) is 1.37. The average Bonchev–Trinajstić information content (AvgIpc) is 3.12. The fraction of sp³-hybridized carbons (Fsp3) is 0.235. The van der Waals surface area contributed by atoms with Crippen molar-refractivity contribution in [1.82, 2.24) is 4.31 Å². The lowest BCUT2D eigenvalue weighted by molar-refractivity contribution is 0.413. The highest BCUT2D eigenvalue weighted by atomic mass is 32.2. The molecular formula is C17H16N2O3S2. The largest absolute Gasteiger partial charge is 0.497 e. The molecular weight excluding hydrogens is 344 g/mol. The van der Waals surface area contributed by atoms with Crippen LogP contribution in [0.4, 0.5) is 0 Å². The maximum atomic E-state index is 12.9. The van der Waals surface area contributed by atoms with Gasteiger partial charge in [-0.25, -0.2) is 8.42 Å². The van der Waals surface area contributed by atoms with Crippen molar-refractivity contribution in [2.45, 2.75) is 10.3 Å². The first kappa shape index (κ1) is 16.8. The zero-order chi connectivity index (χ0) is 17.2. The van der Waals surface area contributed by atoms with Crippen molar-refractivity contribution in [1.29, 1.82) is 5.26 Å². The molecule has 124 valence electrons. The standard InChI is InChI=1S/C17H16N2O3S2/c1-22-15-6-4-14(5-7-15)17-19(10-11-23-17)24(20,21)16-8-2-13(12-18)3-9-16/h2-9,17H,10-11H2,1H3. The first-order valence-corrected chi connectivity index (χ1v) is 9.83. The lowest BCUT2D eigenvalue weighted by Gasteiger charge is -2.23. The van der Waals surface area contributed by atoms with Crippen molar-refractivity contribution >= 4 is 21.8 Å². The van der Waals surface area contributed by atoms with Gasteiger partial charge in [-0.15, -0.1) is 11.8 Å². The Bertz CT molecular complexity index is 856. The van der Waals surface area contributed by atoms with E-state index >= 15 is 0 Å². The van der Waals surface area contributed by atoms with E-state index in [2.05, 4.69) is 0 Å². The number of nitrogens with zero attached hydrogens (tertiary/aromatic N) is 2. The minimum absolute atomic E-state index is 0.211. The molecule has 0 amide bonds. The molecule has 1 unspecified atom stereocenters. The molecule has 0 radical (unpaired) electrons. The summed E-state index contributed by atoms with van der Waals surface area (Å²) in [6.07, 6.45) is 0. The van der Waals surface area contributed by atoms with Gasteiger partial charge in [0.2, 0.25) is 10.0 Å². The van der Waals surface area contributed by atoms with Crippen LogP contribution >= 0.6 is 11.8 Å². The van der Waals surface area contributed by atoms with Gasteiger partial charge in [-0.2, -0.15) is 9.57 Å². The van der Waals surface area contributed by atoms with Crippen LogP contribution in [0.3, 0.4) is 0 Å². The van der Waals surface area contributed by atoms with E-state index < -0.39 is 10.0 Å². The lowest BCUT2D eigenvalue weighted by Crippen LogP contribution is -2.30. The van der Waals surface area contributed by atoms with E-state index in [-0.39, 0.29) is 10.3 Å². The van der Waals surface area contributed by atoms with Gasteiger partial charge in [0, 0.05) is 12.3 Å². The third-order valence-electron chi connectivity index (χ3n) is 3.84. The monoisotopic (exact) mass is 360 g/mol. The third kappa shape index (κ3) is 3.13. The van der Waals surface area contributed by atoms with Crippen LogP contribution in [0.1, 0.15) is 16.5 Å². The van der Waals surface area contributed by atoms with Gasteiger partial charge < -0.3 is 4.74 Å². The van der Waals surface area contributed by atoms with Crippen LogP contribution in [0.15, 0.2) is 53.4 Å². The van der Waals surface area contributed by atoms with E-state index in [1.165, 1.54) is 28.6 Å². The summed E-state index contributed by atoms with van der Waals surface area (Å²) in [5.74, 6) is 1.48. The van der Waals surface area contributed by atoms with E-state index in [1.54, 1.807) is 18.9 Å². The molecule has 2 aromatic rings. The molecule has 0 saturated carbocycles. The Morgan fingerprint density at radius 3 is 2.42 bits per heavy atom. The molecule has 1 saturated heterocycles. The first-order valence-electron chi connectivity index (χ1n) is 7.34. The molecule has 1 fully saturated rings. The van der Waals surface area contributed by atoms with Gasteiger partial charge >= 0.3 is 0 Å². The van der Waals surface area contributed by atoms with Crippen LogP contribution < -0.4 is 4.74 Å². The zero-order valence-corrected chi connectivity index (χ0v) is 14.7. The second-order valence-corrected chi connectivity index (χ2v) is 8.33. The Labute approximate surface area is 145 Å². The molecule has 0 spiro atoms. The molecule has 3 rings (SSSR count). The molecule has 2 aromatic carbocycles. The number of thioether (sulfide) groups is 1. The minimum atomic E-state index is -3.60. The van der Waals surface area contributed by atoms with E-state index in [0.717, 1.165) is 17.1 Å². The Balaban J connectivity index is 1.91. The Morgan fingerprint density at radius 1 is 1.17 bits per heavy atom. The molecule has 0 aliphatic carbocycles. The third-order valence-corrected chi connectivity index (χ3v) is 7.11. The highest BCUT2D eigenvalue weighted by molar-refractivity contribution is 8.01. The van der Waals surface area contributed by atoms with Crippen molar-refractivity contribution in [2.75, 3.05) is 19.4 Å². The normalized spacial score (nSPS) is 18.2. The van der Waals surface area contributed by atoms with Crippen LogP contribution in [0.25, 0.3) is 0 Å². The van der Waals surface area contributed by atoms with Crippen molar-refractivity contribution in [3.05, 3.63) is 59.7 Å². The van der Waals surface area contributed by atoms with Crippen molar-refractivity contribution < 1.29 is 13.2 Å². The first-order chi connectivity index (χ1) is 11.6. The fourth-order valence-electron chi connectivity index (χ4n) is 2.57. The molecule has 0 aromatic heterocycles. The molecule has 24 heavy (non-hydrogen) atoms. The van der Waals surface area contributed by atoms with Crippen LogP contribution in [0.2, 0.25) is 0 Å². The number of hydrogen-bond donors (Lipinski definition) is 0. The van der Waals surface area contributed by atoms with Crippen LogP contribution in [0, 0.1) is 11.3 Å². The Morgan fingerprint density at radius 2 is 1.83 bits per heavy atom. The van der Waals surface area contributed by atoms with Crippen molar-refractivity contribution in [3.63, 3.8) is 0 Å². The van der Waals surface area contributed by atoms with Crippen LogP contribution in [0.5, 0.6) is 5.75 Å². The van der Waals surface area contributed by atoms with Crippen LogP contribution in [-0.2, 0) is 10.0 Å². The number of sulfonamides is 1. The number of rotatable bonds is 4. The maximum Gasteiger partial charge on any atom is 0.244 e. The highest BCUT2D eigenvalue weighted by Crippen LogP contribution is 2.41. The van der Waals surface area contributed by atoms with Crippen LogP contribution in [-0.4, -0.2) is 32.1 Å². The van der Waals surface area contributed by atoms with Gasteiger partial charge in [0.1, 0.15) is 5.75 Å². The molecule has 5 nitrogen and oxygen atoms in total. The van der Waals surface area contributed by atoms with Gasteiger partial charge in [-0.1, -0.05) is 12.1 Å². The van der Waals surface area contributed by atoms with E-state index in [9.17, 15) is 8.42 Å². The molecule has 1 atom stereocenters. The summed E-state index contributed by atoms with van der Waals surface area (Å²) in [5, 5.41) is 8.60. The highest BCUT2D eigenvalue weighted by Gasteiger charge is 2.36. The number of benzene rings is 2. The van der Waals surface area contributed by atoms with E-state index in [4.69, 9.17) is 10.00 Å². The Kier molecular flexibility index (Phi) is 4.81. The van der Waals surface area contributed by atoms with E-state index in [0.29, 0.717) is 12.1 Å². The fourth-order valence-corrected chi connectivity index (χ4v) is 5.81. The van der Waals surface area contributed by atoms with Gasteiger partial charge in [-0.05, 0) is 42.0 Å². The quantitative estimate of drug-likeness (QED) is 0.838. The molecule has 0 bridgehead atoms. The number of hydrogen-bond acceptors (Lipinski definition) is 5. The summed E-state index contributed by atoms with van der Waals surface area (Å²) in [7, 11) is -2.01. The number of nitriles is 1. The smallest absolute Gasteiger partial charge is 0.244 e. The summed E-state index contributed by atoms with van der Waals surface area (Å²) in [6.45, 7) is 0.462. The lowest BCUT2D eigenvalue weighted by atomic mass is 10.2. The summed E-state index contributed by atoms with van der Waals surface area (Å²) in [6, 6.07) is 15.5. The molecule has 1 aliphatic heterocycles. The predicted molar refractivity (Wildman–Crippen MR) is 93.2 cm³/mol. The maximum absolute atomic E-state index is 12.9. The van der Waals surface area contributed by atoms with Gasteiger partial charge in [-0.3, -0.25) is 0 Å². The number of methoxy groups -OCH3 is 1. The predicted octanol–water partition coefficient (Wildman–Crippen LogP) is 3.00. The summed E-state index contributed by atoms with van der Waals surface area (Å²) >= 11 is 1.60. The minimum Gasteiger partial charge on any atom is -0.497 e. The second-order valence-electron chi connectivity index (χ2n) is 5.25. The number of ether oxygens (including phenoxy) is 1. The van der Waals surface area contributed by atoms with Gasteiger partial charge in [0.05, 0.1) is 29.0 Å². The Hall–Kier alpha value is -2.01. The SMILES string of the molecule is COc1ccc(C2SCCN2S(=O)(=O)c2ccc(C#N)cc2)cc1. The summed E-state index contributed by atoms with van der Waals surface area (Å²) < 4.78 is 32.6. The second kappa shape index (κ2) is 6.85. The van der Waals surface area contributed by atoms with Gasteiger partial charge in [0.15, 0.2) is 0 Å². The molecule has 7 heteroatoms.